The SMILES string of the molecule is C=COC(C)=O.O=C1C=C(C=Cc2ccccc2)C(=O)O1. The van der Waals surface area contributed by atoms with Gasteiger partial charge in [0.2, 0.25) is 0 Å². The van der Waals surface area contributed by atoms with Gasteiger partial charge >= 0.3 is 17.9 Å². The van der Waals surface area contributed by atoms with Crippen LogP contribution in [0.3, 0.4) is 0 Å². The molecule has 0 unspecified atom stereocenters. The van der Waals surface area contributed by atoms with Gasteiger partial charge in [-0.2, -0.15) is 0 Å². The Morgan fingerprint density at radius 1 is 1.19 bits per heavy atom. The van der Waals surface area contributed by atoms with Gasteiger partial charge in [0.05, 0.1) is 11.8 Å². The standard InChI is InChI=1S/C12H8O3.C4H6O2/c13-11-8-10(12(14)15-11)7-6-9-4-2-1-3-5-9;1-3-6-4(2)5/h1-8H;3H,1H2,2H3. The number of benzene rings is 1. The molecule has 0 aromatic heterocycles. The number of ether oxygens (including phenoxy) is 2. The summed E-state index contributed by atoms with van der Waals surface area (Å²) in [5, 5.41) is 0. The normalized spacial score (nSPS) is 13.1. The molecule has 5 nitrogen and oxygen atoms in total. The number of hydrogen-bond acceptors (Lipinski definition) is 5. The fourth-order valence-corrected chi connectivity index (χ4v) is 1.35. The summed E-state index contributed by atoms with van der Waals surface area (Å²) in [6.45, 7) is 4.48. The molecule has 0 saturated carbocycles. The average Bonchev–Trinajstić information content (AvgIpc) is 2.76. The maximum Gasteiger partial charge on any atom is 0.346 e. The number of hydrogen-bond donors (Lipinski definition) is 0. The number of cyclic esters (lactones) is 2. The van der Waals surface area contributed by atoms with Gasteiger partial charge < -0.3 is 9.47 Å². The van der Waals surface area contributed by atoms with Crippen molar-refractivity contribution in [1.82, 2.24) is 0 Å². The molecule has 0 radical (unpaired) electrons. The largest absolute Gasteiger partial charge is 0.435 e. The second kappa shape index (κ2) is 8.27. The third-order valence-electron chi connectivity index (χ3n) is 2.21. The Kier molecular flexibility index (Phi) is 6.34. The van der Waals surface area contributed by atoms with E-state index >= 15 is 0 Å². The highest BCUT2D eigenvalue weighted by atomic mass is 16.6. The molecule has 0 bridgehead atoms. The van der Waals surface area contributed by atoms with E-state index in [1.165, 1.54) is 13.0 Å². The molecule has 1 heterocycles. The molecule has 0 N–H and O–H groups in total. The fraction of sp³-hybridized carbons (Fsp3) is 0.0625. The molecule has 0 atom stereocenters. The second-order valence-electron chi connectivity index (χ2n) is 3.83. The van der Waals surface area contributed by atoms with Gasteiger partial charge in [-0.15, -0.1) is 0 Å². The molecule has 1 aliphatic rings. The first-order valence-electron chi connectivity index (χ1n) is 6.02. The Balaban J connectivity index is 0.000000315. The van der Waals surface area contributed by atoms with Gasteiger partial charge in [0.1, 0.15) is 0 Å². The van der Waals surface area contributed by atoms with E-state index in [0.29, 0.717) is 0 Å². The van der Waals surface area contributed by atoms with Crippen molar-refractivity contribution in [2.75, 3.05) is 0 Å². The summed E-state index contributed by atoms with van der Waals surface area (Å²) in [4.78, 5) is 31.5. The summed E-state index contributed by atoms with van der Waals surface area (Å²) in [5.74, 6) is -1.52. The van der Waals surface area contributed by atoms with Crippen LogP contribution in [0.1, 0.15) is 12.5 Å². The van der Waals surface area contributed by atoms with Gasteiger partial charge in [0, 0.05) is 13.0 Å². The molecule has 1 aliphatic heterocycles. The molecule has 0 saturated heterocycles. The number of rotatable bonds is 3. The molecule has 0 amide bonds. The number of carbonyl (C=O) groups is 3. The van der Waals surface area contributed by atoms with E-state index in [4.69, 9.17) is 0 Å². The van der Waals surface area contributed by atoms with E-state index in [0.717, 1.165) is 11.8 Å². The Morgan fingerprint density at radius 2 is 1.86 bits per heavy atom. The minimum absolute atomic E-state index is 0.281. The van der Waals surface area contributed by atoms with Gasteiger partial charge in [-0.1, -0.05) is 43.0 Å². The molecule has 108 valence electrons. The van der Waals surface area contributed by atoms with Crippen molar-refractivity contribution in [2.45, 2.75) is 6.92 Å². The first-order chi connectivity index (χ1) is 10.0. The summed E-state index contributed by atoms with van der Waals surface area (Å²) >= 11 is 0. The molecule has 2 rings (SSSR count). The lowest BCUT2D eigenvalue weighted by atomic mass is 10.1. The summed E-state index contributed by atoms with van der Waals surface area (Å²) in [6, 6.07) is 9.50. The van der Waals surface area contributed by atoms with Crippen LogP contribution in [0.15, 0.2) is 60.9 Å². The molecule has 1 aromatic rings. The van der Waals surface area contributed by atoms with E-state index in [9.17, 15) is 14.4 Å². The Morgan fingerprint density at radius 3 is 2.29 bits per heavy atom. The fourth-order valence-electron chi connectivity index (χ4n) is 1.35. The summed E-state index contributed by atoms with van der Waals surface area (Å²) in [5.41, 5.74) is 1.24. The van der Waals surface area contributed by atoms with Crippen LogP contribution in [-0.2, 0) is 23.9 Å². The lowest BCUT2D eigenvalue weighted by Crippen LogP contribution is -2.00. The van der Waals surface area contributed by atoms with Crippen molar-refractivity contribution in [1.29, 1.82) is 0 Å². The van der Waals surface area contributed by atoms with Crippen molar-refractivity contribution in [3.63, 3.8) is 0 Å². The average molecular weight is 286 g/mol. The Hall–Kier alpha value is -2.95. The minimum atomic E-state index is -0.604. The van der Waals surface area contributed by atoms with Gasteiger partial charge in [0.25, 0.3) is 0 Å². The molecule has 5 heteroatoms. The molecular formula is C16H14O5. The lowest BCUT2D eigenvalue weighted by molar-refractivity contribution is -0.150. The highest BCUT2D eigenvalue weighted by molar-refractivity contribution is 6.10. The van der Waals surface area contributed by atoms with E-state index < -0.39 is 11.9 Å². The van der Waals surface area contributed by atoms with E-state index in [-0.39, 0.29) is 11.5 Å². The zero-order chi connectivity index (χ0) is 15.7. The van der Waals surface area contributed by atoms with Gasteiger partial charge in [0.15, 0.2) is 0 Å². The van der Waals surface area contributed by atoms with Crippen LogP contribution >= 0.6 is 0 Å². The highest BCUT2D eigenvalue weighted by Gasteiger charge is 2.20. The minimum Gasteiger partial charge on any atom is -0.435 e. The van der Waals surface area contributed by atoms with E-state index in [2.05, 4.69) is 16.1 Å². The second-order valence-corrected chi connectivity index (χ2v) is 3.83. The van der Waals surface area contributed by atoms with Gasteiger partial charge in [-0.3, -0.25) is 4.79 Å². The van der Waals surface area contributed by atoms with Gasteiger partial charge in [-0.25, -0.2) is 9.59 Å². The van der Waals surface area contributed by atoms with Crippen LogP contribution in [0.4, 0.5) is 0 Å². The zero-order valence-corrected chi connectivity index (χ0v) is 11.4. The van der Waals surface area contributed by atoms with Crippen LogP contribution in [0.2, 0.25) is 0 Å². The van der Waals surface area contributed by atoms with E-state index in [1.807, 2.05) is 30.3 Å². The number of carbonyl (C=O) groups excluding carboxylic acids is 3. The molecule has 0 fully saturated rings. The van der Waals surface area contributed by atoms with Crippen molar-refractivity contribution < 1.29 is 23.9 Å². The molecule has 0 spiro atoms. The first kappa shape index (κ1) is 16.1. The maximum atomic E-state index is 11.0. The molecule has 21 heavy (non-hydrogen) atoms. The van der Waals surface area contributed by atoms with E-state index in [1.54, 1.807) is 12.2 Å². The van der Waals surface area contributed by atoms with Crippen LogP contribution in [0.5, 0.6) is 0 Å². The lowest BCUT2D eigenvalue weighted by Gasteiger charge is -1.91. The Bertz CT molecular complexity index is 596. The molecule has 0 aliphatic carbocycles. The van der Waals surface area contributed by atoms with Crippen molar-refractivity contribution in [3.05, 3.63) is 66.5 Å². The van der Waals surface area contributed by atoms with Crippen LogP contribution in [0, 0.1) is 0 Å². The maximum absolute atomic E-state index is 11.0. The summed E-state index contributed by atoms with van der Waals surface area (Å²) in [7, 11) is 0. The van der Waals surface area contributed by atoms with Crippen LogP contribution in [-0.4, -0.2) is 17.9 Å². The van der Waals surface area contributed by atoms with Crippen LogP contribution < -0.4 is 0 Å². The quantitative estimate of drug-likeness (QED) is 0.485. The van der Waals surface area contributed by atoms with Crippen molar-refractivity contribution in [3.8, 4) is 0 Å². The van der Waals surface area contributed by atoms with Crippen LogP contribution in [0.25, 0.3) is 6.08 Å². The zero-order valence-electron chi connectivity index (χ0n) is 11.4. The number of esters is 3. The predicted octanol–water partition coefficient (Wildman–Crippen LogP) is 2.40. The van der Waals surface area contributed by atoms with Crippen molar-refractivity contribution >= 4 is 24.0 Å². The van der Waals surface area contributed by atoms with Crippen molar-refractivity contribution in [2.24, 2.45) is 0 Å². The third-order valence-corrected chi connectivity index (χ3v) is 2.21. The monoisotopic (exact) mass is 286 g/mol. The first-order valence-corrected chi connectivity index (χ1v) is 6.02. The summed E-state index contributed by atoms with van der Waals surface area (Å²) < 4.78 is 8.51. The smallest absolute Gasteiger partial charge is 0.346 e. The summed E-state index contributed by atoms with van der Waals surface area (Å²) in [6.07, 6.45) is 5.61. The molecular weight excluding hydrogens is 272 g/mol. The predicted molar refractivity (Wildman–Crippen MR) is 76.6 cm³/mol. The Labute approximate surface area is 122 Å². The van der Waals surface area contributed by atoms with Gasteiger partial charge in [-0.05, 0) is 11.6 Å². The highest BCUT2D eigenvalue weighted by Crippen LogP contribution is 2.11. The third kappa shape index (κ3) is 6.15. The topological polar surface area (TPSA) is 69.7 Å². The molecule has 1 aromatic carbocycles.